The van der Waals surface area contributed by atoms with E-state index in [1.165, 1.54) is 11.8 Å². The summed E-state index contributed by atoms with van der Waals surface area (Å²) in [6.45, 7) is 1.46. The number of Topliss-reactive ketones (excluding diaryl/α,β-unsaturated/α-hetero) is 1. The molecule has 0 radical (unpaired) electrons. The minimum atomic E-state index is -0.895. The number of halogens is 1. The Morgan fingerprint density at radius 2 is 1.54 bits per heavy atom. The van der Waals surface area contributed by atoms with E-state index in [1.54, 1.807) is 48.5 Å². The summed E-state index contributed by atoms with van der Waals surface area (Å²) in [4.78, 5) is 56.2. The van der Waals surface area contributed by atoms with Gasteiger partial charge in [-0.05, 0) is 72.7 Å². The molecule has 8 heteroatoms. The van der Waals surface area contributed by atoms with E-state index < -0.39 is 29.8 Å². The van der Waals surface area contributed by atoms with Gasteiger partial charge in [-0.15, -0.1) is 0 Å². The molecule has 7 nitrogen and oxygen atoms in total. The van der Waals surface area contributed by atoms with Gasteiger partial charge in [-0.25, -0.2) is 4.90 Å². The van der Waals surface area contributed by atoms with Crippen LogP contribution in [-0.2, 0) is 14.4 Å². The van der Waals surface area contributed by atoms with Crippen molar-refractivity contribution in [2.45, 2.75) is 19.0 Å². The van der Waals surface area contributed by atoms with E-state index in [1.807, 2.05) is 41.4 Å². The Balaban J connectivity index is 1.42. The fourth-order valence-electron chi connectivity index (χ4n) is 5.71. The number of fused-ring (bicyclic) bond motifs is 5. The maximum absolute atomic E-state index is 13.9. The zero-order valence-corrected chi connectivity index (χ0v) is 20.6. The number of amides is 3. The summed E-state index contributed by atoms with van der Waals surface area (Å²) in [5.74, 6) is -2.89. The second-order valence-corrected chi connectivity index (χ2v) is 9.88. The minimum Gasteiger partial charge on any atom is -0.357 e. The molecule has 1 unspecified atom stereocenters. The Morgan fingerprint density at radius 1 is 0.865 bits per heavy atom. The predicted octanol–water partition coefficient (Wildman–Crippen LogP) is 4.70. The molecule has 2 saturated heterocycles. The Bertz CT molecular complexity index is 1480. The predicted molar refractivity (Wildman–Crippen MR) is 140 cm³/mol. The zero-order valence-electron chi connectivity index (χ0n) is 19.8. The first kappa shape index (κ1) is 23.2. The largest absolute Gasteiger partial charge is 0.357 e. The van der Waals surface area contributed by atoms with E-state index in [0.29, 0.717) is 22.0 Å². The molecule has 4 atom stereocenters. The van der Waals surface area contributed by atoms with Crippen LogP contribution in [0.15, 0.2) is 79.0 Å². The van der Waals surface area contributed by atoms with Crippen LogP contribution in [0.2, 0.25) is 5.02 Å². The lowest BCUT2D eigenvalue weighted by atomic mass is 9.84. The summed E-state index contributed by atoms with van der Waals surface area (Å²) in [5, 5.41) is 3.44. The molecule has 3 aliphatic rings. The van der Waals surface area contributed by atoms with E-state index >= 15 is 0 Å². The van der Waals surface area contributed by atoms with Gasteiger partial charge in [0.15, 0.2) is 5.78 Å². The molecule has 3 aromatic carbocycles. The van der Waals surface area contributed by atoms with Gasteiger partial charge in [0.05, 0.1) is 23.6 Å². The van der Waals surface area contributed by atoms with E-state index in [2.05, 4.69) is 5.32 Å². The number of nitrogens with one attached hydrogen (secondary N) is 1. The van der Waals surface area contributed by atoms with Gasteiger partial charge in [-0.3, -0.25) is 19.2 Å². The van der Waals surface area contributed by atoms with Crippen LogP contribution in [0.3, 0.4) is 0 Å². The number of anilines is 2. The van der Waals surface area contributed by atoms with Crippen molar-refractivity contribution in [1.29, 1.82) is 0 Å². The van der Waals surface area contributed by atoms with Crippen molar-refractivity contribution in [3.63, 3.8) is 0 Å². The number of imide groups is 1. The molecule has 0 spiro atoms. The van der Waals surface area contributed by atoms with Crippen molar-refractivity contribution in [3.05, 3.63) is 101 Å². The number of hydrogen-bond donors (Lipinski definition) is 1. The van der Waals surface area contributed by atoms with Crippen molar-refractivity contribution in [3.8, 4) is 0 Å². The monoisotopic (exact) mass is 511 g/mol. The van der Waals surface area contributed by atoms with E-state index in [4.69, 9.17) is 11.6 Å². The van der Waals surface area contributed by atoms with Crippen molar-refractivity contribution >= 4 is 52.6 Å². The molecule has 3 aromatic rings. The highest BCUT2D eigenvalue weighted by Crippen LogP contribution is 2.53. The van der Waals surface area contributed by atoms with Crippen molar-refractivity contribution in [2.75, 3.05) is 10.2 Å². The minimum absolute atomic E-state index is 0.109. The Hall–Kier alpha value is -4.23. The first-order chi connectivity index (χ1) is 17.8. The molecule has 0 bridgehead atoms. The van der Waals surface area contributed by atoms with E-state index in [9.17, 15) is 19.2 Å². The second kappa shape index (κ2) is 8.71. The Labute approximate surface area is 218 Å². The number of carbonyl (C=O) groups is 4. The van der Waals surface area contributed by atoms with Crippen molar-refractivity contribution in [2.24, 2.45) is 11.8 Å². The highest BCUT2D eigenvalue weighted by molar-refractivity contribution is 6.30. The summed E-state index contributed by atoms with van der Waals surface area (Å²) in [5.41, 5.74) is 3.27. The summed E-state index contributed by atoms with van der Waals surface area (Å²) in [6, 6.07) is 19.5. The van der Waals surface area contributed by atoms with Gasteiger partial charge in [-0.2, -0.15) is 0 Å². The summed E-state index contributed by atoms with van der Waals surface area (Å²) >= 11 is 5.99. The molecular weight excluding hydrogens is 490 g/mol. The van der Waals surface area contributed by atoms with Crippen LogP contribution < -0.4 is 10.2 Å². The first-order valence-electron chi connectivity index (χ1n) is 11.9. The molecule has 3 aliphatic heterocycles. The molecule has 6 rings (SSSR count). The van der Waals surface area contributed by atoms with Gasteiger partial charge >= 0.3 is 0 Å². The van der Waals surface area contributed by atoms with Crippen LogP contribution in [0.5, 0.6) is 0 Å². The number of nitrogens with zero attached hydrogens (tertiary/aromatic N) is 2. The van der Waals surface area contributed by atoms with Gasteiger partial charge in [-0.1, -0.05) is 35.9 Å². The van der Waals surface area contributed by atoms with Crippen molar-refractivity contribution in [1.82, 2.24) is 4.90 Å². The average molecular weight is 512 g/mol. The van der Waals surface area contributed by atoms with Crippen LogP contribution in [0, 0.1) is 11.8 Å². The van der Waals surface area contributed by atoms with E-state index in [0.717, 1.165) is 11.1 Å². The third-order valence-electron chi connectivity index (χ3n) is 7.37. The Morgan fingerprint density at radius 3 is 2.24 bits per heavy atom. The maximum atomic E-state index is 13.9. The Kier molecular flexibility index (Phi) is 5.46. The SMILES string of the molecule is CC(=O)c1ccc(N2C(=O)[C@@H]3[C@H](C2=O)C2c4ccccc4C=CN2[C@@H]3C(=O)Nc2ccc(Cl)cc2)cc1. The lowest BCUT2D eigenvalue weighted by Gasteiger charge is -2.35. The summed E-state index contributed by atoms with van der Waals surface area (Å²) in [7, 11) is 0. The third-order valence-corrected chi connectivity index (χ3v) is 7.63. The van der Waals surface area contributed by atoms with Gasteiger partial charge in [0, 0.05) is 22.5 Å². The van der Waals surface area contributed by atoms with Crippen LogP contribution in [0.25, 0.3) is 6.08 Å². The number of rotatable bonds is 4. The average Bonchev–Trinajstić information content (AvgIpc) is 3.38. The fourth-order valence-corrected chi connectivity index (χ4v) is 5.83. The molecule has 37 heavy (non-hydrogen) atoms. The van der Waals surface area contributed by atoms with E-state index in [-0.39, 0.29) is 17.6 Å². The quantitative estimate of drug-likeness (QED) is 0.405. The molecular formula is C29H22ClN3O4. The van der Waals surface area contributed by atoms with Crippen LogP contribution >= 0.6 is 11.6 Å². The standard InChI is InChI=1S/C29H22ClN3O4/c1-16(34)17-6-12-21(13-7-17)33-28(36)23-24(29(33)37)26(27(35)31-20-10-8-19(30)9-11-20)32-15-14-18-4-2-3-5-22(18)25(23)32/h2-15,23-26H,1H3,(H,31,35)/t23-,24+,25?,26-/m0/s1. The first-order valence-corrected chi connectivity index (χ1v) is 12.3. The number of carbonyl (C=O) groups excluding carboxylic acids is 4. The molecule has 1 N–H and O–H groups in total. The summed E-state index contributed by atoms with van der Waals surface area (Å²) in [6.07, 6.45) is 3.71. The lowest BCUT2D eigenvalue weighted by molar-refractivity contribution is -0.128. The highest BCUT2D eigenvalue weighted by atomic mass is 35.5. The van der Waals surface area contributed by atoms with Crippen LogP contribution in [0.4, 0.5) is 11.4 Å². The molecule has 0 aliphatic carbocycles. The molecule has 3 amide bonds. The normalized spacial score (nSPS) is 23.5. The lowest BCUT2D eigenvalue weighted by Crippen LogP contribution is -2.46. The summed E-state index contributed by atoms with van der Waals surface area (Å²) < 4.78 is 0. The number of ketones is 1. The molecule has 184 valence electrons. The van der Waals surface area contributed by atoms with Crippen molar-refractivity contribution < 1.29 is 19.2 Å². The highest BCUT2D eigenvalue weighted by Gasteiger charge is 2.64. The third kappa shape index (κ3) is 3.65. The molecule has 3 heterocycles. The maximum Gasteiger partial charge on any atom is 0.247 e. The smallest absolute Gasteiger partial charge is 0.247 e. The fraction of sp³-hybridized carbons (Fsp3) is 0.172. The van der Waals surface area contributed by atoms with Crippen LogP contribution in [-0.4, -0.2) is 34.4 Å². The van der Waals surface area contributed by atoms with Crippen LogP contribution in [0.1, 0.15) is 34.5 Å². The van der Waals surface area contributed by atoms with Gasteiger partial charge in [0.25, 0.3) is 0 Å². The topological polar surface area (TPSA) is 86.8 Å². The van der Waals surface area contributed by atoms with Gasteiger partial charge < -0.3 is 10.2 Å². The molecule has 0 saturated carbocycles. The molecule has 2 fully saturated rings. The number of benzene rings is 3. The van der Waals surface area contributed by atoms with Gasteiger partial charge in [0.2, 0.25) is 17.7 Å². The second-order valence-electron chi connectivity index (χ2n) is 9.44. The number of hydrogen-bond acceptors (Lipinski definition) is 5. The zero-order chi connectivity index (χ0) is 25.8. The van der Waals surface area contributed by atoms with Gasteiger partial charge in [0.1, 0.15) is 6.04 Å². The molecule has 0 aromatic heterocycles.